The van der Waals surface area contributed by atoms with E-state index < -0.39 is 30.4 Å². The fourth-order valence-electron chi connectivity index (χ4n) is 5.60. The highest BCUT2D eigenvalue weighted by Crippen LogP contribution is 2.57. The lowest BCUT2D eigenvalue weighted by molar-refractivity contribution is -0.139. The van der Waals surface area contributed by atoms with Crippen LogP contribution in [-0.4, -0.2) is 49.3 Å². The average Bonchev–Trinajstić information content (AvgIpc) is 3.51. The first-order valence-electron chi connectivity index (χ1n) is 12.8. The van der Waals surface area contributed by atoms with Gasteiger partial charge in [-0.05, 0) is 59.4 Å². The third kappa shape index (κ3) is 5.30. The zero-order chi connectivity index (χ0) is 27.5. The molecule has 1 aliphatic carbocycles. The van der Waals surface area contributed by atoms with Gasteiger partial charge < -0.3 is 33.9 Å². The SMILES string of the molecule is CCCOc1ccc2c(c1)C(c1ccc(OC)cc1OCC(=O)O)C(CC(=O)O)C2c1ccc2c(c1)OCO2. The minimum absolute atomic E-state index is 0.131. The predicted octanol–water partition coefficient (Wildman–Crippen LogP) is 5.04. The van der Waals surface area contributed by atoms with Crippen molar-refractivity contribution in [1.82, 2.24) is 0 Å². The summed E-state index contributed by atoms with van der Waals surface area (Å²) in [6.45, 7) is 2.16. The molecule has 1 heterocycles. The van der Waals surface area contributed by atoms with Crippen LogP contribution in [-0.2, 0) is 9.59 Å². The monoisotopic (exact) mass is 534 g/mol. The van der Waals surface area contributed by atoms with Crippen LogP contribution in [0.3, 0.4) is 0 Å². The molecular formula is C30H30O9. The van der Waals surface area contributed by atoms with Crippen molar-refractivity contribution in [2.45, 2.75) is 31.6 Å². The molecule has 3 aromatic rings. The molecule has 39 heavy (non-hydrogen) atoms. The van der Waals surface area contributed by atoms with Crippen LogP contribution < -0.4 is 23.7 Å². The van der Waals surface area contributed by atoms with Gasteiger partial charge in [-0.15, -0.1) is 0 Å². The summed E-state index contributed by atoms with van der Waals surface area (Å²) in [5, 5.41) is 19.3. The van der Waals surface area contributed by atoms with Crippen LogP contribution in [0.2, 0.25) is 0 Å². The van der Waals surface area contributed by atoms with Crippen molar-refractivity contribution < 1.29 is 43.5 Å². The van der Waals surface area contributed by atoms with Crippen molar-refractivity contribution in [1.29, 1.82) is 0 Å². The molecule has 1 aliphatic heterocycles. The average molecular weight is 535 g/mol. The Morgan fingerprint density at radius 2 is 1.62 bits per heavy atom. The first-order chi connectivity index (χ1) is 18.9. The minimum atomic E-state index is -1.12. The van der Waals surface area contributed by atoms with E-state index in [0.717, 1.165) is 23.1 Å². The van der Waals surface area contributed by atoms with E-state index in [1.165, 1.54) is 7.11 Å². The topological polar surface area (TPSA) is 121 Å². The molecule has 0 bridgehead atoms. The van der Waals surface area contributed by atoms with Gasteiger partial charge in [-0.1, -0.05) is 25.1 Å². The van der Waals surface area contributed by atoms with Crippen LogP contribution in [0.4, 0.5) is 0 Å². The lowest BCUT2D eigenvalue weighted by Gasteiger charge is -2.27. The molecule has 0 saturated carbocycles. The van der Waals surface area contributed by atoms with Crippen LogP contribution in [0.1, 0.15) is 53.9 Å². The Hall–Kier alpha value is -4.40. The molecule has 3 atom stereocenters. The Bertz CT molecular complexity index is 1380. The fraction of sp³-hybridized carbons (Fsp3) is 0.333. The smallest absolute Gasteiger partial charge is 0.341 e. The maximum atomic E-state index is 12.3. The normalized spacial score (nSPS) is 18.9. The lowest BCUT2D eigenvalue weighted by atomic mass is 9.77. The molecule has 0 fully saturated rings. The second-order valence-electron chi connectivity index (χ2n) is 9.56. The van der Waals surface area contributed by atoms with Crippen molar-refractivity contribution in [3.05, 3.63) is 76.9 Å². The van der Waals surface area contributed by atoms with Crippen molar-refractivity contribution in [3.8, 4) is 28.7 Å². The molecule has 5 rings (SSSR count). The Balaban J connectivity index is 1.69. The van der Waals surface area contributed by atoms with Gasteiger partial charge in [0.05, 0.1) is 13.7 Å². The van der Waals surface area contributed by atoms with Gasteiger partial charge in [0.1, 0.15) is 17.2 Å². The summed E-state index contributed by atoms with van der Waals surface area (Å²) < 4.78 is 28.2. The summed E-state index contributed by atoms with van der Waals surface area (Å²) in [7, 11) is 1.51. The van der Waals surface area contributed by atoms with Crippen molar-refractivity contribution >= 4 is 11.9 Å². The van der Waals surface area contributed by atoms with E-state index in [0.29, 0.717) is 40.9 Å². The maximum absolute atomic E-state index is 12.3. The molecule has 0 amide bonds. The Kier molecular flexibility index (Phi) is 7.49. The molecule has 0 spiro atoms. The van der Waals surface area contributed by atoms with Crippen molar-refractivity contribution in [2.24, 2.45) is 5.92 Å². The highest BCUT2D eigenvalue weighted by Gasteiger charge is 2.45. The van der Waals surface area contributed by atoms with Crippen LogP contribution >= 0.6 is 0 Å². The summed E-state index contributed by atoms with van der Waals surface area (Å²) >= 11 is 0. The van der Waals surface area contributed by atoms with E-state index in [-0.39, 0.29) is 19.1 Å². The van der Waals surface area contributed by atoms with E-state index >= 15 is 0 Å². The van der Waals surface area contributed by atoms with E-state index in [1.807, 2.05) is 49.4 Å². The number of benzene rings is 3. The van der Waals surface area contributed by atoms with E-state index in [9.17, 15) is 19.8 Å². The molecule has 0 saturated heterocycles. The number of aliphatic carboxylic acids is 2. The molecule has 2 N–H and O–H groups in total. The van der Waals surface area contributed by atoms with Gasteiger partial charge in [0.25, 0.3) is 0 Å². The third-order valence-corrected chi connectivity index (χ3v) is 7.13. The predicted molar refractivity (Wildman–Crippen MR) is 140 cm³/mol. The van der Waals surface area contributed by atoms with Crippen LogP contribution in [0.5, 0.6) is 28.7 Å². The molecule has 204 valence electrons. The standard InChI is InChI=1S/C30H30O9/c1-3-10-36-19-6-7-20-22(12-19)30(21-8-5-18(35-2)13-25(21)37-15-28(33)34)23(14-27(31)32)29(20)17-4-9-24-26(11-17)39-16-38-24/h4-9,11-13,23,29-30H,3,10,14-16H2,1-2H3,(H,31,32)(H,33,34). The Morgan fingerprint density at radius 3 is 2.36 bits per heavy atom. The maximum Gasteiger partial charge on any atom is 0.341 e. The number of carbonyl (C=O) groups is 2. The molecule has 3 aromatic carbocycles. The summed E-state index contributed by atoms with van der Waals surface area (Å²) in [6.07, 6.45) is 0.710. The van der Waals surface area contributed by atoms with Gasteiger partial charge in [0.15, 0.2) is 18.1 Å². The molecule has 0 radical (unpaired) electrons. The molecule has 2 aliphatic rings. The van der Waals surface area contributed by atoms with E-state index in [2.05, 4.69) is 0 Å². The minimum Gasteiger partial charge on any atom is -0.497 e. The van der Waals surface area contributed by atoms with Gasteiger partial charge >= 0.3 is 11.9 Å². The van der Waals surface area contributed by atoms with Crippen molar-refractivity contribution in [2.75, 3.05) is 27.1 Å². The zero-order valence-electron chi connectivity index (χ0n) is 21.7. The number of hydrogen-bond donors (Lipinski definition) is 2. The quantitative estimate of drug-likeness (QED) is 0.348. The van der Waals surface area contributed by atoms with Gasteiger partial charge in [0.2, 0.25) is 6.79 Å². The first kappa shape index (κ1) is 26.2. The number of fused-ring (bicyclic) bond motifs is 2. The highest BCUT2D eigenvalue weighted by molar-refractivity contribution is 5.70. The number of carboxylic acid groups (broad SMARTS) is 2. The largest absolute Gasteiger partial charge is 0.497 e. The highest BCUT2D eigenvalue weighted by atomic mass is 16.7. The fourth-order valence-corrected chi connectivity index (χ4v) is 5.60. The number of hydrogen-bond acceptors (Lipinski definition) is 7. The third-order valence-electron chi connectivity index (χ3n) is 7.13. The van der Waals surface area contributed by atoms with Gasteiger partial charge in [0, 0.05) is 29.9 Å². The molecule has 0 aromatic heterocycles. The van der Waals surface area contributed by atoms with E-state index in [1.54, 1.807) is 12.1 Å². The number of methoxy groups -OCH3 is 1. The molecule has 3 unspecified atom stereocenters. The van der Waals surface area contributed by atoms with Crippen molar-refractivity contribution in [3.63, 3.8) is 0 Å². The van der Waals surface area contributed by atoms with Crippen LogP contribution in [0.25, 0.3) is 0 Å². The van der Waals surface area contributed by atoms with Crippen LogP contribution in [0.15, 0.2) is 54.6 Å². The van der Waals surface area contributed by atoms with Crippen LogP contribution in [0, 0.1) is 5.92 Å². The summed E-state index contributed by atoms with van der Waals surface area (Å²) in [6, 6.07) is 16.8. The molecule has 9 nitrogen and oxygen atoms in total. The summed E-state index contributed by atoms with van der Waals surface area (Å²) in [4.78, 5) is 23.6. The van der Waals surface area contributed by atoms with Gasteiger partial charge in [-0.2, -0.15) is 0 Å². The van der Waals surface area contributed by atoms with Gasteiger partial charge in [-0.3, -0.25) is 4.79 Å². The molecule has 9 heteroatoms. The second-order valence-corrected chi connectivity index (χ2v) is 9.56. The van der Waals surface area contributed by atoms with E-state index in [4.69, 9.17) is 23.7 Å². The Labute approximate surface area is 225 Å². The zero-order valence-corrected chi connectivity index (χ0v) is 21.7. The van der Waals surface area contributed by atoms with Gasteiger partial charge in [-0.25, -0.2) is 4.79 Å². The summed E-state index contributed by atoms with van der Waals surface area (Å²) in [5.41, 5.74) is 3.45. The Morgan fingerprint density at radius 1 is 0.846 bits per heavy atom. The molecular weight excluding hydrogens is 504 g/mol. The summed E-state index contributed by atoms with van der Waals surface area (Å²) in [5.74, 6) is -0.415. The second kappa shape index (κ2) is 11.1. The number of rotatable bonds is 11. The first-order valence-corrected chi connectivity index (χ1v) is 12.8. The number of carboxylic acids is 2. The number of ether oxygens (including phenoxy) is 5. The lowest BCUT2D eigenvalue weighted by Crippen LogP contribution is -2.20.